The first-order valence-electron chi connectivity index (χ1n) is 8.39. The monoisotopic (exact) mass is 293 g/mol. The molecule has 0 N–H and O–H groups in total. The third-order valence-corrected chi connectivity index (χ3v) is 5.43. The van der Waals surface area contributed by atoms with Gasteiger partial charge in [-0.05, 0) is 55.4 Å². The van der Waals surface area contributed by atoms with Gasteiger partial charge in [0.1, 0.15) is 0 Å². The molecule has 0 amide bonds. The Bertz CT molecular complexity index is 314. The lowest BCUT2D eigenvalue weighted by Gasteiger charge is -2.32. The molecule has 3 radical (unpaired) electrons. The van der Waals surface area contributed by atoms with Crippen LogP contribution in [0.1, 0.15) is 86.0 Å². The standard InChI is InChI=1S/C18H33OSi/c1-14-12-13-16(18(3,4)5)10-8-6-7-9-11-17(19-20)15(14)2/h14,16H,6-13H2,1-5H3/b17-15+. The van der Waals surface area contributed by atoms with Gasteiger partial charge in [0, 0.05) is 6.42 Å². The van der Waals surface area contributed by atoms with Crippen LogP contribution in [0.15, 0.2) is 11.3 Å². The van der Waals surface area contributed by atoms with Crippen LogP contribution in [0.25, 0.3) is 0 Å². The van der Waals surface area contributed by atoms with E-state index in [2.05, 4.69) is 45.1 Å². The maximum atomic E-state index is 5.46. The summed E-state index contributed by atoms with van der Waals surface area (Å²) in [6.45, 7) is 11.8. The van der Waals surface area contributed by atoms with Crippen LogP contribution in [-0.4, -0.2) is 10.5 Å². The van der Waals surface area contributed by atoms with E-state index >= 15 is 0 Å². The van der Waals surface area contributed by atoms with Crippen LogP contribution in [-0.2, 0) is 4.43 Å². The van der Waals surface area contributed by atoms with Crippen molar-refractivity contribution in [2.45, 2.75) is 86.0 Å². The topological polar surface area (TPSA) is 9.23 Å². The van der Waals surface area contributed by atoms with Gasteiger partial charge in [-0.15, -0.1) is 0 Å². The molecule has 0 heterocycles. The molecular formula is C18H33OSi. The second-order valence-corrected chi connectivity index (χ2v) is 7.91. The molecule has 1 aliphatic rings. The Morgan fingerprint density at radius 1 is 1.00 bits per heavy atom. The third-order valence-electron chi connectivity index (χ3n) is 5.18. The average molecular weight is 294 g/mol. The van der Waals surface area contributed by atoms with Gasteiger partial charge in [-0.3, -0.25) is 0 Å². The van der Waals surface area contributed by atoms with E-state index in [9.17, 15) is 0 Å². The fraction of sp³-hybridized carbons (Fsp3) is 0.889. The SMILES string of the molecule is C/C1=C(\O[Si])CCCCCCC(C(C)(C)C)CCC1C. The van der Waals surface area contributed by atoms with Crippen molar-refractivity contribution in [3.8, 4) is 0 Å². The molecule has 1 rings (SSSR count). The molecule has 115 valence electrons. The van der Waals surface area contributed by atoms with E-state index in [0.717, 1.165) is 12.3 Å². The molecule has 0 aromatic rings. The van der Waals surface area contributed by atoms with E-state index in [-0.39, 0.29) is 0 Å². The van der Waals surface area contributed by atoms with Crippen molar-refractivity contribution in [1.29, 1.82) is 0 Å². The van der Waals surface area contributed by atoms with Gasteiger partial charge in [-0.2, -0.15) is 0 Å². The lowest BCUT2D eigenvalue weighted by atomic mass is 9.74. The summed E-state index contributed by atoms with van der Waals surface area (Å²) in [5.41, 5.74) is 1.88. The van der Waals surface area contributed by atoms with Crippen molar-refractivity contribution in [2.24, 2.45) is 17.3 Å². The van der Waals surface area contributed by atoms with Crippen LogP contribution in [0.3, 0.4) is 0 Å². The minimum absolute atomic E-state index is 0.440. The maximum Gasteiger partial charge on any atom is 0.340 e. The highest BCUT2D eigenvalue weighted by atomic mass is 28.2. The van der Waals surface area contributed by atoms with Gasteiger partial charge in [0.05, 0.1) is 5.76 Å². The summed E-state index contributed by atoms with van der Waals surface area (Å²) in [5, 5.41) is 0. The molecular weight excluding hydrogens is 260 g/mol. The molecule has 0 bridgehead atoms. The molecule has 0 aliphatic heterocycles. The van der Waals surface area contributed by atoms with Crippen LogP contribution in [0.5, 0.6) is 0 Å². The Morgan fingerprint density at radius 3 is 2.25 bits per heavy atom. The van der Waals surface area contributed by atoms with Gasteiger partial charge in [-0.1, -0.05) is 47.0 Å². The molecule has 0 spiro atoms. The van der Waals surface area contributed by atoms with Crippen molar-refractivity contribution in [3.63, 3.8) is 0 Å². The van der Waals surface area contributed by atoms with Crippen molar-refractivity contribution < 1.29 is 4.43 Å². The molecule has 20 heavy (non-hydrogen) atoms. The zero-order valence-corrected chi connectivity index (χ0v) is 15.2. The second-order valence-electron chi connectivity index (χ2n) is 7.70. The molecule has 1 aliphatic carbocycles. The molecule has 0 aromatic heterocycles. The fourth-order valence-electron chi connectivity index (χ4n) is 3.31. The van der Waals surface area contributed by atoms with Crippen molar-refractivity contribution in [2.75, 3.05) is 0 Å². The minimum atomic E-state index is 0.440. The van der Waals surface area contributed by atoms with Gasteiger partial charge < -0.3 is 4.43 Å². The summed E-state index contributed by atoms with van der Waals surface area (Å²) in [5.74, 6) is 2.65. The third kappa shape index (κ3) is 5.63. The van der Waals surface area contributed by atoms with Crippen LogP contribution in [0, 0.1) is 17.3 Å². The first-order chi connectivity index (χ1) is 9.36. The largest absolute Gasteiger partial charge is 0.544 e. The van der Waals surface area contributed by atoms with Crippen molar-refractivity contribution in [3.05, 3.63) is 11.3 Å². The van der Waals surface area contributed by atoms with Gasteiger partial charge in [-0.25, -0.2) is 0 Å². The van der Waals surface area contributed by atoms with E-state index in [1.807, 2.05) is 0 Å². The number of allylic oxidation sites excluding steroid dienone is 2. The lowest BCUT2D eigenvalue weighted by Crippen LogP contribution is -2.21. The van der Waals surface area contributed by atoms with Crippen molar-refractivity contribution >= 4 is 10.5 Å². The quantitative estimate of drug-likeness (QED) is 0.556. The van der Waals surface area contributed by atoms with Crippen LogP contribution < -0.4 is 0 Å². The second kappa shape index (κ2) is 8.26. The maximum absolute atomic E-state index is 5.46. The highest BCUT2D eigenvalue weighted by molar-refractivity contribution is 5.98. The highest BCUT2D eigenvalue weighted by Crippen LogP contribution is 2.36. The Kier molecular flexibility index (Phi) is 7.36. The van der Waals surface area contributed by atoms with E-state index in [0.29, 0.717) is 11.3 Å². The number of hydrogen-bond donors (Lipinski definition) is 0. The molecule has 0 aromatic carbocycles. The minimum Gasteiger partial charge on any atom is -0.544 e. The smallest absolute Gasteiger partial charge is 0.340 e. The van der Waals surface area contributed by atoms with Crippen molar-refractivity contribution in [1.82, 2.24) is 0 Å². The Hall–Kier alpha value is -0.243. The lowest BCUT2D eigenvalue weighted by molar-refractivity contribution is 0.196. The predicted octanol–water partition coefficient (Wildman–Crippen LogP) is 5.79. The first-order valence-corrected chi connectivity index (χ1v) is 8.80. The zero-order chi connectivity index (χ0) is 15.2. The normalized spacial score (nSPS) is 31.3. The molecule has 0 saturated heterocycles. The Balaban J connectivity index is 2.79. The highest BCUT2D eigenvalue weighted by Gasteiger charge is 2.25. The summed E-state index contributed by atoms with van der Waals surface area (Å²) < 4.78 is 5.46. The number of rotatable bonds is 1. The van der Waals surface area contributed by atoms with Crippen LogP contribution >= 0.6 is 0 Å². The summed E-state index contributed by atoms with van der Waals surface area (Å²) in [4.78, 5) is 0. The molecule has 2 unspecified atom stereocenters. The van der Waals surface area contributed by atoms with E-state index in [1.165, 1.54) is 56.3 Å². The first kappa shape index (κ1) is 17.8. The summed E-state index contributed by atoms with van der Waals surface area (Å²) >= 11 is 0. The van der Waals surface area contributed by atoms with Crippen LogP contribution in [0.4, 0.5) is 0 Å². The van der Waals surface area contributed by atoms with Gasteiger partial charge in [0.25, 0.3) is 0 Å². The predicted molar refractivity (Wildman–Crippen MR) is 88.6 cm³/mol. The van der Waals surface area contributed by atoms with Gasteiger partial charge in [0.2, 0.25) is 0 Å². The summed E-state index contributed by atoms with van der Waals surface area (Å²) in [7, 11) is 3.26. The molecule has 2 heteroatoms. The Morgan fingerprint density at radius 2 is 1.65 bits per heavy atom. The van der Waals surface area contributed by atoms with Gasteiger partial charge in [0.15, 0.2) is 0 Å². The number of hydrogen-bond acceptors (Lipinski definition) is 1. The molecule has 2 atom stereocenters. The Labute approximate surface area is 130 Å². The zero-order valence-electron chi connectivity index (χ0n) is 14.2. The average Bonchev–Trinajstić information content (AvgIpc) is 2.37. The van der Waals surface area contributed by atoms with Gasteiger partial charge >= 0.3 is 10.5 Å². The summed E-state index contributed by atoms with van der Waals surface area (Å²) in [6, 6.07) is 0. The van der Waals surface area contributed by atoms with E-state index in [4.69, 9.17) is 4.43 Å². The fourth-order valence-corrected chi connectivity index (χ4v) is 3.57. The molecule has 1 nitrogen and oxygen atoms in total. The summed E-state index contributed by atoms with van der Waals surface area (Å²) in [6.07, 6.45) is 10.5. The molecule has 0 fully saturated rings. The molecule has 0 saturated carbocycles. The van der Waals surface area contributed by atoms with Crippen LogP contribution in [0.2, 0.25) is 0 Å². The van der Waals surface area contributed by atoms with E-state index < -0.39 is 0 Å². The van der Waals surface area contributed by atoms with E-state index in [1.54, 1.807) is 0 Å².